The van der Waals surface area contributed by atoms with Crippen LogP contribution in [-0.2, 0) is 13.6 Å². The van der Waals surface area contributed by atoms with Crippen LogP contribution < -0.4 is 5.73 Å². The van der Waals surface area contributed by atoms with Crippen LogP contribution in [0.25, 0.3) is 0 Å². The van der Waals surface area contributed by atoms with Crippen LogP contribution in [0.3, 0.4) is 0 Å². The standard InChI is InChI=1S/C10H20N4/c1-4-10(11)8-13(2)6-9-5-12-14(3)7-9/h5,7,10H,4,6,8,11H2,1-3H3. The highest BCUT2D eigenvalue weighted by Crippen LogP contribution is 2.01. The Balaban J connectivity index is 2.37. The maximum absolute atomic E-state index is 5.87. The van der Waals surface area contributed by atoms with Crippen molar-refractivity contribution in [3.8, 4) is 0 Å². The van der Waals surface area contributed by atoms with Gasteiger partial charge in [0, 0.05) is 37.9 Å². The summed E-state index contributed by atoms with van der Waals surface area (Å²) >= 11 is 0. The number of rotatable bonds is 5. The summed E-state index contributed by atoms with van der Waals surface area (Å²) in [5, 5.41) is 4.13. The van der Waals surface area contributed by atoms with E-state index in [0.717, 1.165) is 19.5 Å². The summed E-state index contributed by atoms with van der Waals surface area (Å²) in [5.41, 5.74) is 7.10. The van der Waals surface area contributed by atoms with Gasteiger partial charge in [-0.25, -0.2) is 0 Å². The zero-order valence-electron chi connectivity index (χ0n) is 9.27. The molecule has 0 spiro atoms. The molecule has 1 rings (SSSR count). The van der Waals surface area contributed by atoms with E-state index in [4.69, 9.17) is 5.73 Å². The number of likely N-dealkylation sites (N-methyl/N-ethyl adjacent to an activating group) is 1. The maximum Gasteiger partial charge on any atom is 0.0534 e. The largest absolute Gasteiger partial charge is 0.327 e. The van der Waals surface area contributed by atoms with Crippen molar-refractivity contribution < 1.29 is 0 Å². The van der Waals surface area contributed by atoms with Gasteiger partial charge in [0.25, 0.3) is 0 Å². The fraction of sp³-hybridized carbons (Fsp3) is 0.700. The van der Waals surface area contributed by atoms with E-state index >= 15 is 0 Å². The molecule has 1 aromatic rings. The topological polar surface area (TPSA) is 47.1 Å². The molecule has 1 unspecified atom stereocenters. The Bertz CT molecular complexity index is 269. The van der Waals surface area contributed by atoms with Gasteiger partial charge in [-0.1, -0.05) is 6.92 Å². The Morgan fingerprint density at radius 1 is 1.64 bits per heavy atom. The van der Waals surface area contributed by atoms with Crippen LogP contribution in [-0.4, -0.2) is 34.3 Å². The van der Waals surface area contributed by atoms with Crippen LogP contribution >= 0.6 is 0 Å². The highest BCUT2D eigenvalue weighted by atomic mass is 15.2. The molecule has 0 aliphatic heterocycles. The fourth-order valence-electron chi connectivity index (χ4n) is 1.46. The number of nitrogens with two attached hydrogens (primary N) is 1. The van der Waals surface area contributed by atoms with Crippen molar-refractivity contribution in [3.63, 3.8) is 0 Å². The molecule has 0 fully saturated rings. The molecule has 0 saturated carbocycles. The lowest BCUT2D eigenvalue weighted by atomic mass is 10.2. The number of hydrogen-bond acceptors (Lipinski definition) is 3. The summed E-state index contributed by atoms with van der Waals surface area (Å²) in [6, 6.07) is 0.275. The molecule has 4 nitrogen and oxygen atoms in total. The second kappa shape index (κ2) is 5.12. The molecule has 80 valence electrons. The quantitative estimate of drug-likeness (QED) is 0.749. The molecular formula is C10H20N4. The van der Waals surface area contributed by atoms with Crippen molar-refractivity contribution >= 4 is 0 Å². The molecule has 4 heteroatoms. The Labute approximate surface area is 85.7 Å². The van der Waals surface area contributed by atoms with Crippen LogP contribution in [0.1, 0.15) is 18.9 Å². The predicted molar refractivity (Wildman–Crippen MR) is 57.8 cm³/mol. The van der Waals surface area contributed by atoms with E-state index in [9.17, 15) is 0 Å². The lowest BCUT2D eigenvalue weighted by molar-refractivity contribution is 0.300. The molecule has 2 N–H and O–H groups in total. The molecule has 1 heterocycles. The average Bonchev–Trinajstić information content (AvgIpc) is 2.50. The van der Waals surface area contributed by atoms with Crippen LogP contribution in [0.15, 0.2) is 12.4 Å². The van der Waals surface area contributed by atoms with Crippen LogP contribution in [0, 0.1) is 0 Å². The Kier molecular flexibility index (Phi) is 4.10. The molecule has 1 aromatic heterocycles. The number of aromatic nitrogens is 2. The molecule has 14 heavy (non-hydrogen) atoms. The second-order valence-corrected chi connectivity index (χ2v) is 3.89. The zero-order chi connectivity index (χ0) is 10.6. The van der Waals surface area contributed by atoms with E-state index < -0.39 is 0 Å². The number of aryl methyl sites for hydroxylation is 1. The van der Waals surface area contributed by atoms with E-state index in [1.54, 1.807) is 0 Å². The molecule has 0 aliphatic carbocycles. The summed E-state index contributed by atoms with van der Waals surface area (Å²) in [4.78, 5) is 2.23. The third kappa shape index (κ3) is 3.47. The van der Waals surface area contributed by atoms with Crippen molar-refractivity contribution in [2.75, 3.05) is 13.6 Å². The van der Waals surface area contributed by atoms with Gasteiger partial charge in [-0.3, -0.25) is 4.68 Å². The molecular weight excluding hydrogens is 176 g/mol. The van der Waals surface area contributed by atoms with E-state index in [1.165, 1.54) is 5.56 Å². The van der Waals surface area contributed by atoms with Gasteiger partial charge in [0.1, 0.15) is 0 Å². The minimum atomic E-state index is 0.275. The highest BCUT2D eigenvalue weighted by molar-refractivity contribution is 5.02. The van der Waals surface area contributed by atoms with Gasteiger partial charge in [-0.05, 0) is 13.5 Å². The third-order valence-corrected chi connectivity index (χ3v) is 2.28. The van der Waals surface area contributed by atoms with Crippen LogP contribution in [0.2, 0.25) is 0 Å². The first-order chi connectivity index (χ1) is 6.61. The van der Waals surface area contributed by atoms with Crippen molar-refractivity contribution in [2.24, 2.45) is 12.8 Å². The Morgan fingerprint density at radius 3 is 2.86 bits per heavy atom. The zero-order valence-corrected chi connectivity index (χ0v) is 9.27. The monoisotopic (exact) mass is 196 g/mol. The lowest BCUT2D eigenvalue weighted by Gasteiger charge is -2.19. The first-order valence-electron chi connectivity index (χ1n) is 5.03. The summed E-state index contributed by atoms with van der Waals surface area (Å²) < 4.78 is 1.82. The molecule has 0 saturated heterocycles. The van der Waals surface area contributed by atoms with Crippen molar-refractivity contribution in [3.05, 3.63) is 18.0 Å². The Morgan fingerprint density at radius 2 is 2.36 bits per heavy atom. The minimum absolute atomic E-state index is 0.275. The van der Waals surface area contributed by atoms with E-state index in [1.807, 2.05) is 24.1 Å². The second-order valence-electron chi connectivity index (χ2n) is 3.89. The summed E-state index contributed by atoms with van der Waals surface area (Å²) in [6.07, 6.45) is 4.96. The maximum atomic E-state index is 5.87. The van der Waals surface area contributed by atoms with Gasteiger partial charge >= 0.3 is 0 Å². The first kappa shape index (κ1) is 11.2. The van der Waals surface area contributed by atoms with Crippen LogP contribution in [0.5, 0.6) is 0 Å². The molecule has 0 amide bonds. The minimum Gasteiger partial charge on any atom is -0.327 e. The predicted octanol–water partition coefficient (Wildman–Crippen LogP) is 0.589. The normalized spacial score (nSPS) is 13.5. The van der Waals surface area contributed by atoms with E-state index in [-0.39, 0.29) is 6.04 Å². The molecule has 0 radical (unpaired) electrons. The summed E-state index contributed by atoms with van der Waals surface area (Å²) in [6.45, 7) is 3.97. The lowest BCUT2D eigenvalue weighted by Crippen LogP contribution is -2.34. The molecule has 1 atom stereocenters. The van der Waals surface area contributed by atoms with Gasteiger partial charge in [0.15, 0.2) is 0 Å². The van der Waals surface area contributed by atoms with Gasteiger partial charge in [-0.15, -0.1) is 0 Å². The summed E-state index contributed by atoms with van der Waals surface area (Å²) in [5.74, 6) is 0. The molecule has 0 aromatic carbocycles. The van der Waals surface area contributed by atoms with Crippen molar-refractivity contribution in [1.29, 1.82) is 0 Å². The van der Waals surface area contributed by atoms with Crippen LogP contribution in [0.4, 0.5) is 0 Å². The average molecular weight is 196 g/mol. The van der Waals surface area contributed by atoms with Gasteiger partial charge in [-0.2, -0.15) is 5.10 Å². The first-order valence-corrected chi connectivity index (χ1v) is 5.03. The van der Waals surface area contributed by atoms with Gasteiger partial charge in [0.05, 0.1) is 6.20 Å². The number of nitrogens with zero attached hydrogens (tertiary/aromatic N) is 3. The van der Waals surface area contributed by atoms with Crippen molar-refractivity contribution in [1.82, 2.24) is 14.7 Å². The van der Waals surface area contributed by atoms with Gasteiger partial charge in [0.2, 0.25) is 0 Å². The third-order valence-electron chi connectivity index (χ3n) is 2.28. The smallest absolute Gasteiger partial charge is 0.0534 e. The highest BCUT2D eigenvalue weighted by Gasteiger charge is 2.06. The Hall–Kier alpha value is -0.870. The molecule has 0 aliphatic rings. The van der Waals surface area contributed by atoms with E-state index in [0.29, 0.717) is 0 Å². The summed E-state index contributed by atoms with van der Waals surface area (Å²) in [7, 11) is 4.02. The fourth-order valence-corrected chi connectivity index (χ4v) is 1.46. The molecule has 0 bridgehead atoms. The SMILES string of the molecule is CCC(N)CN(C)Cc1cnn(C)c1. The number of hydrogen-bond donors (Lipinski definition) is 1. The van der Waals surface area contributed by atoms with Crippen molar-refractivity contribution in [2.45, 2.75) is 25.9 Å². The van der Waals surface area contributed by atoms with Gasteiger partial charge < -0.3 is 10.6 Å². The van der Waals surface area contributed by atoms with E-state index in [2.05, 4.69) is 24.0 Å².